The van der Waals surface area contributed by atoms with Gasteiger partial charge in [0.2, 0.25) is 17.6 Å². The molecule has 1 unspecified atom stereocenters. The largest absolute Gasteiger partial charge is 0.496 e. The smallest absolute Gasteiger partial charge is 0.301 e. The van der Waals surface area contributed by atoms with Crippen molar-refractivity contribution in [2.24, 2.45) is 5.92 Å². The zero-order valence-corrected chi connectivity index (χ0v) is 38.5. The first-order valence-electron chi connectivity index (χ1n) is 23.2. The van der Waals surface area contributed by atoms with Crippen LogP contribution < -0.4 is 19.7 Å². The number of imide groups is 1. The average molecular weight is 971 g/mol. The second-order valence-corrected chi connectivity index (χ2v) is 20.3. The third kappa shape index (κ3) is 8.93. The molecule has 4 saturated heterocycles. The summed E-state index contributed by atoms with van der Waals surface area (Å²) in [6, 6.07) is 11.4. The van der Waals surface area contributed by atoms with Crippen molar-refractivity contribution in [2.45, 2.75) is 69.6 Å². The van der Waals surface area contributed by atoms with Crippen LogP contribution in [0.3, 0.4) is 0 Å². The van der Waals surface area contributed by atoms with Crippen LogP contribution in [0, 0.1) is 23.4 Å². The third-order valence-electron chi connectivity index (χ3n) is 14.4. The van der Waals surface area contributed by atoms with E-state index in [4.69, 9.17) is 4.74 Å². The van der Waals surface area contributed by atoms with E-state index in [9.17, 15) is 32.0 Å². The number of piperidine rings is 3. The molecule has 15 nitrogen and oxygen atoms in total. The number of methoxy groups -OCH3 is 1. The lowest BCUT2D eigenvalue weighted by atomic mass is 9.86. The van der Waals surface area contributed by atoms with E-state index in [2.05, 4.69) is 26.3 Å². The lowest BCUT2D eigenvalue weighted by molar-refractivity contribution is -0.136. The molecule has 5 aliphatic heterocycles. The molecule has 3 amide bonds. The minimum absolute atomic E-state index is 0.0189. The number of halogens is 4. The minimum Gasteiger partial charge on any atom is -0.496 e. The molecule has 0 saturated carbocycles. The number of alkyl halides is 1. The number of rotatable bonds is 12. The van der Waals surface area contributed by atoms with Crippen molar-refractivity contribution < 1.29 is 49.9 Å². The Labute approximate surface area is 395 Å². The minimum atomic E-state index is -4.39. The second kappa shape index (κ2) is 18.5. The summed E-state index contributed by atoms with van der Waals surface area (Å²) in [5, 5.41) is 2.57. The molecule has 0 radical (unpaired) electrons. The summed E-state index contributed by atoms with van der Waals surface area (Å²) < 4.78 is 94.8. The molecular weight excluding hydrogens is 921 g/mol. The van der Waals surface area contributed by atoms with Gasteiger partial charge in [-0.1, -0.05) is 12.1 Å². The van der Waals surface area contributed by atoms with Crippen molar-refractivity contribution in [3.8, 4) is 16.9 Å². The van der Waals surface area contributed by atoms with E-state index in [1.807, 2.05) is 15.7 Å². The number of pyridine rings is 1. The van der Waals surface area contributed by atoms with Crippen LogP contribution in [0.1, 0.15) is 88.3 Å². The molecule has 5 aromatic rings. The molecule has 0 aliphatic carbocycles. The van der Waals surface area contributed by atoms with Crippen LogP contribution in [0.15, 0.2) is 60.9 Å². The van der Waals surface area contributed by atoms with Gasteiger partial charge < -0.3 is 24.4 Å². The molecule has 4 fully saturated rings. The van der Waals surface area contributed by atoms with Gasteiger partial charge in [-0.15, -0.1) is 0 Å². The van der Waals surface area contributed by atoms with Crippen LogP contribution in [0.2, 0.25) is 0 Å². The van der Waals surface area contributed by atoms with E-state index in [0.29, 0.717) is 53.6 Å². The Hall–Kier alpha value is -6.38. The number of carbonyl (C=O) groups is 4. The predicted molar refractivity (Wildman–Crippen MR) is 247 cm³/mol. The fraction of sp³-hybridized carbons (Fsp3) is 0.408. The molecule has 20 heteroatoms. The van der Waals surface area contributed by atoms with Crippen LogP contribution in [0.25, 0.3) is 22.2 Å². The molecule has 2 aromatic heterocycles. The summed E-state index contributed by atoms with van der Waals surface area (Å²) in [5.41, 5.74) is 2.24. The van der Waals surface area contributed by atoms with Gasteiger partial charge in [-0.2, -0.15) is 12.7 Å². The quantitative estimate of drug-likeness (QED) is 0.0716. The summed E-state index contributed by atoms with van der Waals surface area (Å²) in [7, 11) is -2.85. The van der Waals surface area contributed by atoms with Crippen molar-refractivity contribution in [3.63, 3.8) is 0 Å². The van der Waals surface area contributed by atoms with Gasteiger partial charge in [0.1, 0.15) is 35.2 Å². The number of likely N-dealkylation sites (tertiary alicyclic amines) is 1. The highest BCUT2D eigenvalue weighted by atomic mass is 32.2. The summed E-state index contributed by atoms with van der Waals surface area (Å²) in [6.45, 7) is 3.87. The molecule has 10 rings (SSSR count). The van der Waals surface area contributed by atoms with Gasteiger partial charge >= 0.3 is 10.2 Å². The van der Waals surface area contributed by atoms with Crippen molar-refractivity contribution in [1.82, 2.24) is 29.4 Å². The monoisotopic (exact) mass is 970 g/mol. The van der Waals surface area contributed by atoms with Crippen LogP contribution in [0.5, 0.6) is 5.75 Å². The number of H-pyrrole nitrogens is 1. The first-order valence-corrected chi connectivity index (χ1v) is 24.6. The maximum atomic E-state index is 15.9. The fourth-order valence-corrected chi connectivity index (χ4v) is 11.9. The molecule has 3 N–H and O–H groups in total. The Bertz CT molecular complexity index is 3010. The standard InChI is InChI=1S/C49H50F4N8O7S/c1-68-41-21-30(18-32-25-61(49(65)43(32)41)40-6-7-42(62)56-48(40)64)28-10-13-58(14-11-28)24-27-8-15-59(16-9-27)39-5-2-29(20-37(39)52)31-19-34-35(23-55-47(34)54-22-31)46(63)44-36(51)3-4-38(45(44)53)57-69(66,67)60-17-12-33(50)26-60/h2-5,18-23,27-28,33,40,57H,6-17,24-26H2,1H3,(H,54,55)(H,56,62,64)/t33-,40?/m1/s1. The lowest BCUT2D eigenvalue weighted by Crippen LogP contribution is -2.52. The van der Waals surface area contributed by atoms with E-state index in [1.165, 1.54) is 18.5 Å². The highest BCUT2D eigenvalue weighted by Gasteiger charge is 2.41. The molecule has 7 heterocycles. The number of ether oxygens (including phenoxy) is 1. The number of amides is 3. The number of fused-ring (bicyclic) bond motifs is 2. The van der Waals surface area contributed by atoms with E-state index in [-0.39, 0.29) is 60.3 Å². The number of carbonyl (C=O) groups excluding carboxylic acids is 4. The predicted octanol–water partition coefficient (Wildman–Crippen LogP) is 6.44. The SMILES string of the molecule is COc1cc(C2CCN(CC3CCN(c4ccc(-c5cnc6[nH]cc(C(=O)c7c(F)ccc(NS(=O)(=O)N8CC[C@@H](F)C8)c7F)c6c5)cc4F)CC3)CC2)cc2c1C(=O)N(C1CCC(=O)NC1=O)C2. The highest BCUT2D eigenvalue weighted by Crippen LogP contribution is 2.40. The van der Waals surface area contributed by atoms with E-state index < -0.39 is 69.4 Å². The van der Waals surface area contributed by atoms with Crippen LogP contribution >= 0.6 is 0 Å². The van der Waals surface area contributed by atoms with E-state index in [0.717, 1.165) is 72.9 Å². The first kappa shape index (κ1) is 46.4. The van der Waals surface area contributed by atoms with Crippen molar-refractivity contribution in [3.05, 3.63) is 106 Å². The molecule has 362 valence electrons. The Morgan fingerprint density at radius 1 is 0.899 bits per heavy atom. The lowest BCUT2D eigenvalue weighted by Gasteiger charge is -2.38. The number of nitrogens with zero attached hydrogens (tertiary/aromatic N) is 5. The second-order valence-electron chi connectivity index (χ2n) is 18.6. The molecule has 2 atom stereocenters. The molecule has 0 spiro atoms. The Morgan fingerprint density at radius 2 is 1.68 bits per heavy atom. The molecule has 3 aromatic carbocycles. The number of anilines is 2. The van der Waals surface area contributed by atoms with Gasteiger partial charge in [0.25, 0.3) is 5.91 Å². The number of ketones is 1. The normalized spacial score (nSPS) is 21.0. The van der Waals surface area contributed by atoms with Crippen LogP contribution in [-0.2, 0) is 26.3 Å². The van der Waals surface area contributed by atoms with Gasteiger partial charge in [-0.3, -0.25) is 29.2 Å². The zero-order valence-electron chi connectivity index (χ0n) is 37.7. The number of benzene rings is 3. The fourth-order valence-electron chi connectivity index (χ4n) is 10.6. The van der Waals surface area contributed by atoms with Gasteiger partial charge in [-0.05, 0) is 117 Å². The number of hydrogen-bond donors (Lipinski definition) is 3. The summed E-state index contributed by atoms with van der Waals surface area (Å²) >= 11 is 0. The van der Waals surface area contributed by atoms with Gasteiger partial charge in [0.05, 0.1) is 29.6 Å². The Kier molecular flexibility index (Phi) is 12.4. The Balaban J connectivity index is 0.751. The van der Waals surface area contributed by atoms with Gasteiger partial charge in [0, 0.05) is 74.6 Å². The number of nitrogens with one attached hydrogen (secondary N) is 3. The number of aromatic nitrogens is 2. The Morgan fingerprint density at radius 3 is 2.39 bits per heavy atom. The first-order chi connectivity index (χ1) is 33.1. The average Bonchev–Trinajstić information content (AvgIpc) is 4.07. The van der Waals surface area contributed by atoms with Crippen LogP contribution in [-0.4, -0.2) is 121 Å². The van der Waals surface area contributed by atoms with Gasteiger partial charge in [-0.25, -0.2) is 22.5 Å². The molecule has 69 heavy (non-hydrogen) atoms. The van der Waals surface area contributed by atoms with Gasteiger partial charge in [0.15, 0.2) is 5.82 Å². The maximum absolute atomic E-state index is 15.9. The zero-order chi connectivity index (χ0) is 48.3. The summed E-state index contributed by atoms with van der Waals surface area (Å²) in [4.78, 5) is 64.9. The number of aromatic amines is 1. The number of hydrogen-bond acceptors (Lipinski definition) is 10. The molecule has 0 bridgehead atoms. The van der Waals surface area contributed by atoms with E-state index in [1.54, 1.807) is 30.2 Å². The maximum Gasteiger partial charge on any atom is 0.301 e. The van der Waals surface area contributed by atoms with E-state index >= 15 is 13.2 Å². The van der Waals surface area contributed by atoms with Crippen molar-refractivity contribution in [2.75, 3.05) is 62.5 Å². The van der Waals surface area contributed by atoms with Crippen molar-refractivity contribution >= 4 is 56.1 Å². The summed E-state index contributed by atoms with van der Waals surface area (Å²) in [6.07, 6.45) is 5.49. The molecular formula is C49H50F4N8O7S. The van der Waals surface area contributed by atoms with Crippen molar-refractivity contribution in [1.29, 1.82) is 0 Å². The third-order valence-corrected chi connectivity index (χ3v) is 15.9. The molecule has 5 aliphatic rings. The topological polar surface area (TPSA) is 177 Å². The van der Waals surface area contributed by atoms with Crippen LogP contribution in [0.4, 0.5) is 28.9 Å². The highest BCUT2D eigenvalue weighted by molar-refractivity contribution is 7.90. The summed E-state index contributed by atoms with van der Waals surface area (Å²) in [5.74, 6) is -3.97.